The van der Waals surface area contributed by atoms with Gasteiger partial charge in [-0.25, -0.2) is 4.79 Å². The van der Waals surface area contributed by atoms with Gasteiger partial charge >= 0.3 is 5.97 Å². The summed E-state index contributed by atoms with van der Waals surface area (Å²) >= 11 is 19.4. The molecule has 0 aromatic heterocycles. The van der Waals surface area contributed by atoms with Crippen LogP contribution in [0.1, 0.15) is 34.8 Å². The molecule has 2 atom stereocenters. The van der Waals surface area contributed by atoms with Crippen molar-refractivity contribution in [3.8, 4) is 11.1 Å². The van der Waals surface area contributed by atoms with Crippen LogP contribution in [0.2, 0.25) is 15.1 Å². The zero-order valence-electron chi connectivity index (χ0n) is 16.3. The molecule has 1 aliphatic heterocycles. The Hall–Kier alpha value is -2.53. The average Bonchev–Trinajstić information content (AvgIpc) is 3.21. The molecule has 0 saturated carbocycles. The number of halogens is 3. The number of benzene rings is 3. The lowest BCUT2D eigenvalue weighted by molar-refractivity contribution is -0.141. The third kappa shape index (κ3) is 4.16. The van der Waals surface area contributed by atoms with Crippen molar-refractivity contribution in [3.05, 3.63) is 92.9 Å². The molecule has 0 radical (unpaired) electrons. The van der Waals surface area contributed by atoms with Gasteiger partial charge in [-0.15, -0.1) is 0 Å². The van der Waals surface area contributed by atoms with Crippen molar-refractivity contribution in [2.45, 2.75) is 24.9 Å². The highest BCUT2D eigenvalue weighted by Gasteiger charge is 2.43. The van der Waals surface area contributed by atoms with Gasteiger partial charge in [-0.05, 0) is 42.2 Å². The van der Waals surface area contributed by atoms with Gasteiger partial charge in [-0.3, -0.25) is 4.79 Å². The van der Waals surface area contributed by atoms with Crippen LogP contribution < -0.4 is 0 Å². The summed E-state index contributed by atoms with van der Waals surface area (Å²) in [5, 5.41) is 10.8. The summed E-state index contributed by atoms with van der Waals surface area (Å²) in [6.07, 6.45) is 0.810. The highest BCUT2D eigenvalue weighted by Crippen LogP contribution is 2.42. The van der Waals surface area contributed by atoms with E-state index in [1.807, 2.05) is 42.5 Å². The van der Waals surface area contributed by atoms with E-state index < -0.39 is 24.0 Å². The molecule has 0 unspecified atom stereocenters. The van der Waals surface area contributed by atoms with Crippen molar-refractivity contribution in [2.24, 2.45) is 0 Å². The lowest BCUT2D eigenvalue weighted by Crippen LogP contribution is -2.42. The van der Waals surface area contributed by atoms with E-state index in [4.69, 9.17) is 34.8 Å². The summed E-state index contributed by atoms with van der Waals surface area (Å²) in [5.74, 6) is -1.55. The highest BCUT2D eigenvalue weighted by atomic mass is 35.5. The Morgan fingerprint density at radius 1 is 0.839 bits per heavy atom. The maximum atomic E-state index is 13.6. The molecule has 0 aliphatic carbocycles. The molecule has 1 N–H and O–H groups in total. The van der Waals surface area contributed by atoms with Crippen molar-refractivity contribution in [1.82, 2.24) is 4.90 Å². The maximum absolute atomic E-state index is 13.6. The predicted octanol–water partition coefficient (Wildman–Crippen LogP) is 6.74. The van der Waals surface area contributed by atoms with Crippen LogP contribution in [0.25, 0.3) is 11.1 Å². The molecule has 7 heteroatoms. The van der Waals surface area contributed by atoms with E-state index in [0.717, 1.165) is 5.56 Å². The van der Waals surface area contributed by atoms with Crippen LogP contribution in [-0.4, -0.2) is 27.9 Å². The third-order valence-corrected chi connectivity index (χ3v) is 6.51. The number of hydrogen-bond donors (Lipinski definition) is 1. The monoisotopic (exact) mass is 473 g/mol. The minimum Gasteiger partial charge on any atom is -0.480 e. The first kappa shape index (κ1) is 21.7. The smallest absolute Gasteiger partial charge is 0.326 e. The number of likely N-dealkylation sites (tertiary alicyclic amines) is 1. The van der Waals surface area contributed by atoms with Crippen molar-refractivity contribution in [2.75, 3.05) is 0 Å². The summed E-state index contributed by atoms with van der Waals surface area (Å²) in [6, 6.07) is 18.3. The normalized spacial score (nSPS) is 18.2. The molecule has 0 bridgehead atoms. The highest BCUT2D eigenvalue weighted by molar-refractivity contribution is 6.37. The maximum Gasteiger partial charge on any atom is 0.326 e. The van der Waals surface area contributed by atoms with E-state index >= 15 is 0 Å². The van der Waals surface area contributed by atoms with E-state index in [-0.39, 0.29) is 10.6 Å². The lowest BCUT2D eigenvalue weighted by atomic mass is 10.0. The topological polar surface area (TPSA) is 57.6 Å². The SMILES string of the molecule is O=C(O)[C@@H]1CC[C@H](c2ccccc2Cl)N1C(=O)c1cc(Cl)c(-c2ccccc2)cc1Cl. The van der Waals surface area contributed by atoms with Crippen LogP contribution in [0, 0.1) is 0 Å². The second-order valence-corrected chi connectivity index (χ2v) is 8.58. The van der Waals surface area contributed by atoms with E-state index in [9.17, 15) is 14.7 Å². The fraction of sp³-hybridized carbons (Fsp3) is 0.167. The van der Waals surface area contributed by atoms with Crippen molar-refractivity contribution >= 4 is 46.7 Å². The van der Waals surface area contributed by atoms with E-state index in [1.165, 1.54) is 11.0 Å². The van der Waals surface area contributed by atoms with Crippen LogP contribution in [0.5, 0.6) is 0 Å². The number of rotatable bonds is 4. The third-order valence-electron chi connectivity index (χ3n) is 5.54. The first-order valence-electron chi connectivity index (χ1n) is 9.73. The second kappa shape index (κ2) is 8.91. The molecular formula is C24H18Cl3NO3. The standard InChI is InChI=1S/C24H18Cl3NO3/c25-18-9-5-4-8-15(18)21-10-11-22(24(30)31)28(21)23(29)17-13-19(26)16(12-20(17)27)14-6-2-1-3-7-14/h1-9,12-13,21-22H,10-11H2,(H,30,31)/t21-,22+/m1/s1. The molecule has 4 nitrogen and oxygen atoms in total. The fourth-order valence-electron chi connectivity index (χ4n) is 4.08. The molecule has 158 valence electrons. The second-order valence-electron chi connectivity index (χ2n) is 7.36. The molecule has 4 rings (SSSR count). The van der Waals surface area contributed by atoms with E-state index in [0.29, 0.717) is 34.0 Å². The molecule has 1 amide bonds. The van der Waals surface area contributed by atoms with Crippen LogP contribution in [0.15, 0.2) is 66.7 Å². The van der Waals surface area contributed by atoms with Gasteiger partial charge in [0.2, 0.25) is 0 Å². The van der Waals surface area contributed by atoms with Gasteiger partial charge in [0.15, 0.2) is 0 Å². The van der Waals surface area contributed by atoms with Crippen molar-refractivity contribution < 1.29 is 14.7 Å². The van der Waals surface area contributed by atoms with Crippen LogP contribution >= 0.6 is 34.8 Å². The first-order chi connectivity index (χ1) is 14.9. The van der Waals surface area contributed by atoms with Crippen molar-refractivity contribution in [1.29, 1.82) is 0 Å². The zero-order chi connectivity index (χ0) is 22.1. The summed E-state index contributed by atoms with van der Waals surface area (Å²) in [4.78, 5) is 26.8. The number of carbonyl (C=O) groups excluding carboxylic acids is 1. The Labute approximate surface area is 195 Å². The Morgan fingerprint density at radius 3 is 2.19 bits per heavy atom. The van der Waals surface area contributed by atoms with Gasteiger partial charge in [-0.2, -0.15) is 0 Å². The molecule has 1 saturated heterocycles. The number of carboxylic acids is 1. The number of amides is 1. The lowest BCUT2D eigenvalue weighted by Gasteiger charge is -2.29. The molecule has 1 fully saturated rings. The minimum absolute atomic E-state index is 0.163. The van der Waals surface area contributed by atoms with Crippen molar-refractivity contribution in [3.63, 3.8) is 0 Å². The summed E-state index contributed by atoms with van der Waals surface area (Å²) in [6.45, 7) is 0. The number of hydrogen-bond acceptors (Lipinski definition) is 2. The predicted molar refractivity (Wildman–Crippen MR) is 123 cm³/mol. The Balaban J connectivity index is 1.76. The first-order valence-corrected chi connectivity index (χ1v) is 10.9. The number of nitrogens with zero attached hydrogens (tertiary/aromatic N) is 1. The quantitative estimate of drug-likeness (QED) is 0.455. The zero-order valence-corrected chi connectivity index (χ0v) is 18.5. The summed E-state index contributed by atoms with van der Waals surface area (Å²) in [5.41, 5.74) is 2.44. The van der Waals surface area contributed by atoms with Gasteiger partial charge in [0.25, 0.3) is 5.91 Å². The molecular weight excluding hydrogens is 457 g/mol. The summed E-state index contributed by atoms with van der Waals surface area (Å²) < 4.78 is 0. The Bertz CT molecular complexity index is 1150. The molecule has 1 heterocycles. The Kier molecular flexibility index (Phi) is 6.24. The van der Waals surface area contributed by atoms with Crippen LogP contribution in [0.4, 0.5) is 0 Å². The van der Waals surface area contributed by atoms with Gasteiger partial charge in [-0.1, -0.05) is 83.3 Å². The van der Waals surface area contributed by atoms with E-state index in [2.05, 4.69) is 0 Å². The van der Waals surface area contributed by atoms with Gasteiger partial charge in [0.1, 0.15) is 6.04 Å². The van der Waals surface area contributed by atoms with E-state index in [1.54, 1.807) is 18.2 Å². The molecule has 0 spiro atoms. The van der Waals surface area contributed by atoms with Crippen LogP contribution in [0.3, 0.4) is 0 Å². The fourth-order valence-corrected chi connectivity index (χ4v) is 4.86. The average molecular weight is 475 g/mol. The number of aliphatic carboxylic acids is 1. The van der Waals surface area contributed by atoms with Gasteiger partial charge in [0, 0.05) is 15.6 Å². The minimum atomic E-state index is -1.06. The largest absolute Gasteiger partial charge is 0.480 e. The van der Waals surface area contributed by atoms with Crippen LogP contribution in [-0.2, 0) is 4.79 Å². The molecule has 31 heavy (non-hydrogen) atoms. The molecule has 1 aliphatic rings. The summed E-state index contributed by atoms with van der Waals surface area (Å²) in [7, 11) is 0. The van der Waals surface area contributed by atoms with Gasteiger partial charge in [0.05, 0.1) is 16.6 Å². The Morgan fingerprint density at radius 2 is 1.52 bits per heavy atom. The number of carboxylic acid groups (broad SMARTS) is 1. The number of carbonyl (C=O) groups is 2. The van der Waals surface area contributed by atoms with Gasteiger partial charge < -0.3 is 10.0 Å². The molecule has 3 aromatic carbocycles. The molecule has 3 aromatic rings.